The molecular weight excluding hydrogens is 316 g/mol. The van der Waals surface area contributed by atoms with Crippen molar-refractivity contribution in [2.24, 2.45) is 0 Å². The summed E-state index contributed by atoms with van der Waals surface area (Å²) < 4.78 is 11.1. The Morgan fingerprint density at radius 3 is 2.75 bits per heavy atom. The lowest BCUT2D eigenvalue weighted by Crippen LogP contribution is -2.60. The Balaban J connectivity index is 1.80. The molecule has 134 valence electrons. The van der Waals surface area contributed by atoms with Gasteiger partial charge in [-0.2, -0.15) is 0 Å². The van der Waals surface area contributed by atoms with E-state index in [9.17, 15) is 20.4 Å². The van der Waals surface area contributed by atoms with Crippen LogP contribution in [-0.2, 0) is 4.74 Å². The van der Waals surface area contributed by atoms with E-state index in [1.54, 1.807) is 6.20 Å². The summed E-state index contributed by atoms with van der Waals surface area (Å²) in [4.78, 5) is 6.44. The second kappa shape index (κ2) is 7.30. The summed E-state index contributed by atoms with van der Waals surface area (Å²) in [7, 11) is 2.03. The lowest BCUT2D eigenvalue weighted by Gasteiger charge is -2.39. The fourth-order valence-electron chi connectivity index (χ4n) is 3.33. The van der Waals surface area contributed by atoms with Gasteiger partial charge < -0.3 is 29.9 Å². The van der Waals surface area contributed by atoms with Gasteiger partial charge >= 0.3 is 0 Å². The Hall–Kier alpha value is -1.29. The maximum atomic E-state index is 10.1. The van der Waals surface area contributed by atoms with Gasteiger partial charge in [0.15, 0.2) is 0 Å². The Labute approximate surface area is 140 Å². The summed E-state index contributed by atoms with van der Waals surface area (Å²) in [5, 5.41) is 39.1. The van der Waals surface area contributed by atoms with Crippen LogP contribution in [0, 0.1) is 0 Å². The van der Waals surface area contributed by atoms with E-state index in [4.69, 9.17) is 9.47 Å². The van der Waals surface area contributed by atoms with E-state index in [1.807, 2.05) is 19.2 Å². The molecule has 1 unspecified atom stereocenters. The Morgan fingerprint density at radius 2 is 2.08 bits per heavy atom. The lowest BCUT2D eigenvalue weighted by atomic mass is 9.99. The van der Waals surface area contributed by atoms with Crippen LogP contribution in [0.4, 0.5) is 0 Å². The summed E-state index contributed by atoms with van der Waals surface area (Å²) in [6.45, 7) is 0.490. The van der Waals surface area contributed by atoms with Crippen LogP contribution < -0.4 is 4.74 Å². The molecule has 0 amide bonds. The Kier molecular flexibility index (Phi) is 5.33. The molecule has 1 aromatic rings. The van der Waals surface area contributed by atoms with Crippen LogP contribution in [0.2, 0.25) is 0 Å². The third-order valence-corrected chi connectivity index (χ3v) is 4.76. The van der Waals surface area contributed by atoms with Gasteiger partial charge in [-0.05, 0) is 32.5 Å². The molecule has 0 aliphatic carbocycles. The first-order valence-corrected chi connectivity index (χ1v) is 8.15. The standard InChI is InChI=1S/C16H24N2O6/c1-18-7-3-5-10(18)9-4-2-6-17-15(9)24-16-14(22)13(21)12(20)11(8-19)23-16/h2,4,6,10-14,16,19-22H,3,5,7-8H2,1H3/t10?,11-,12-,13+,14-,16-/m1/s1. The van der Waals surface area contributed by atoms with Crippen molar-refractivity contribution >= 4 is 0 Å². The van der Waals surface area contributed by atoms with Gasteiger partial charge in [-0.1, -0.05) is 6.07 Å². The number of aliphatic hydroxyl groups excluding tert-OH is 4. The number of likely N-dealkylation sites (tertiary alicyclic amines) is 1. The molecule has 1 aromatic heterocycles. The molecular formula is C16H24N2O6. The number of ether oxygens (including phenoxy) is 2. The Morgan fingerprint density at radius 1 is 1.29 bits per heavy atom. The van der Waals surface area contributed by atoms with Crippen molar-refractivity contribution in [3.63, 3.8) is 0 Å². The van der Waals surface area contributed by atoms with Gasteiger partial charge in [0, 0.05) is 17.8 Å². The average Bonchev–Trinajstić information content (AvgIpc) is 3.01. The molecule has 2 aliphatic rings. The fraction of sp³-hybridized carbons (Fsp3) is 0.688. The fourth-order valence-corrected chi connectivity index (χ4v) is 3.33. The first-order valence-electron chi connectivity index (χ1n) is 8.15. The number of hydrogen-bond acceptors (Lipinski definition) is 8. The molecule has 2 aliphatic heterocycles. The molecule has 0 radical (unpaired) electrons. The molecule has 3 heterocycles. The van der Waals surface area contributed by atoms with Crippen molar-refractivity contribution in [2.75, 3.05) is 20.2 Å². The van der Waals surface area contributed by atoms with Crippen molar-refractivity contribution in [2.45, 2.75) is 49.6 Å². The second-order valence-electron chi connectivity index (χ2n) is 6.35. The van der Waals surface area contributed by atoms with Crippen LogP contribution in [0.3, 0.4) is 0 Å². The number of aliphatic hydroxyl groups is 4. The normalized spacial score (nSPS) is 37.5. The molecule has 4 N–H and O–H groups in total. The van der Waals surface area contributed by atoms with E-state index in [0.717, 1.165) is 24.9 Å². The van der Waals surface area contributed by atoms with Crippen molar-refractivity contribution in [3.05, 3.63) is 23.9 Å². The predicted octanol–water partition coefficient (Wildman–Crippen LogP) is -0.973. The first kappa shape index (κ1) is 17.5. The van der Waals surface area contributed by atoms with E-state index >= 15 is 0 Å². The molecule has 8 heteroatoms. The summed E-state index contributed by atoms with van der Waals surface area (Å²) >= 11 is 0. The summed E-state index contributed by atoms with van der Waals surface area (Å²) in [6, 6.07) is 3.90. The third-order valence-electron chi connectivity index (χ3n) is 4.76. The van der Waals surface area contributed by atoms with Crippen molar-refractivity contribution in [3.8, 4) is 5.88 Å². The van der Waals surface area contributed by atoms with E-state index in [1.165, 1.54) is 0 Å². The highest BCUT2D eigenvalue weighted by Crippen LogP contribution is 2.35. The van der Waals surface area contributed by atoms with Gasteiger partial charge in [0.1, 0.15) is 24.4 Å². The van der Waals surface area contributed by atoms with Gasteiger partial charge in [-0.15, -0.1) is 0 Å². The minimum atomic E-state index is -1.47. The molecule has 0 aromatic carbocycles. The van der Waals surface area contributed by atoms with Gasteiger partial charge in [0.25, 0.3) is 0 Å². The molecule has 8 nitrogen and oxygen atoms in total. The van der Waals surface area contributed by atoms with Gasteiger partial charge in [0.2, 0.25) is 12.2 Å². The molecule has 0 spiro atoms. The summed E-state index contributed by atoms with van der Waals surface area (Å²) in [6.07, 6.45) is -2.91. The summed E-state index contributed by atoms with van der Waals surface area (Å²) in [5.41, 5.74) is 0.884. The van der Waals surface area contributed by atoms with Crippen LogP contribution in [0.25, 0.3) is 0 Å². The van der Waals surface area contributed by atoms with E-state index in [2.05, 4.69) is 9.88 Å². The average molecular weight is 340 g/mol. The number of hydrogen-bond donors (Lipinski definition) is 4. The largest absolute Gasteiger partial charge is 0.445 e. The number of aromatic nitrogens is 1. The minimum absolute atomic E-state index is 0.165. The molecule has 2 fully saturated rings. The van der Waals surface area contributed by atoms with Crippen LogP contribution in [0.15, 0.2) is 18.3 Å². The number of rotatable bonds is 4. The highest BCUT2D eigenvalue weighted by atomic mass is 16.7. The SMILES string of the molecule is CN1CCCC1c1cccnc1O[C@H]1O[C@H](CO)[C@@H](O)[C@H](O)[C@H]1O. The topological polar surface area (TPSA) is 116 Å². The quantitative estimate of drug-likeness (QED) is 0.553. The number of pyridine rings is 1. The van der Waals surface area contributed by atoms with Gasteiger partial charge in [-0.25, -0.2) is 4.98 Å². The highest BCUT2D eigenvalue weighted by Gasteiger charge is 2.45. The van der Waals surface area contributed by atoms with Crippen LogP contribution in [-0.4, -0.2) is 81.2 Å². The molecule has 2 saturated heterocycles. The van der Waals surface area contributed by atoms with E-state index in [0.29, 0.717) is 5.88 Å². The maximum absolute atomic E-state index is 10.1. The zero-order chi connectivity index (χ0) is 17.3. The third kappa shape index (κ3) is 3.26. The molecule has 3 rings (SSSR count). The second-order valence-corrected chi connectivity index (χ2v) is 6.35. The van der Waals surface area contributed by atoms with Crippen LogP contribution in [0.5, 0.6) is 5.88 Å². The highest BCUT2D eigenvalue weighted by molar-refractivity contribution is 5.30. The minimum Gasteiger partial charge on any atom is -0.445 e. The van der Waals surface area contributed by atoms with Crippen molar-refractivity contribution in [1.29, 1.82) is 0 Å². The maximum Gasteiger partial charge on any atom is 0.231 e. The molecule has 24 heavy (non-hydrogen) atoms. The van der Waals surface area contributed by atoms with Gasteiger partial charge in [0.05, 0.1) is 6.61 Å². The first-order chi connectivity index (χ1) is 11.5. The smallest absolute Gasteiger partial charge is 0.231 e. The van der Waals surface area contributed by atoms with Crippen LogP contribution in [0.1, 0.15) is 24.4 Å². The van der Waals surface area contributed by atoms with Gasteiger partial charge in [-0.3, -0.25) is 4.90 Å². The zero-order valence-electron chi connectivity index (χ0n) is 13.5. The molecule has 0 saturated carbocycles. The lowest BCUT2D eigenvalue weighted by molar-refractivity contribution is -0.278. The predicted molar refractivity (Wildman–Crippen MR) is 83.2 cm³/mol. The van der Waals surface area contributed by atoms with E-state index in [-0.39, 0.29) is 6.04 Å². The molecule has 6 atom stereocenters. The molecule has 0 bridgehead atoms. The van der Waals surface area contributed by atoms with Crippen LogP contribution >= 0.6 is 0 Å². The monoisotopic (exact) mass is 340 g/mol. The zero-order valence-corrected chi connectivity index (χ0v) is 13.5. The van der Waals surface area contributed by atoms with E-state index < -0.39 is 37.3 Å². The van der Waals surface area contributed by atoms with Crippen molar-refractivity contribution < 1.29 is 29.9 Å². The van der Waals surface area contributed by atoms with Crippen molar-refractivity contribution in [1.82, 2.24) is 9.88 Å². The Bertz CT molecular complexity index is 557. The number of nitrogens with zero attached hydrogens (tertiary/aromatic N) is 2. The summed E-state index contributed by atoms with van der Waals surface area (Å²) in [5.74, 6) is 0.320.